The SMILES string of the molecule is Cc1ccc(Br)cc1S(=O)(=O)N1CCC2NCCC2C1. The molecule has 2 aliphatic rings. The molecule has 2 atom stereocenters. The van der Waals surface area contributed by atoms with E-state index >= 15 is 0 Å². The van der Waals surface area contributed by atoms with E-state index in [1.165, 1.54) is 0 Å². The second-order valence-corrected chi connectivity index (χ2v) is 8.49. The molecule has 110 valence electrons. The van der Waals surface area contributed by atoms with Crippen molar-refractivity contribution in [3.05, 3.63) is 28.2 Å². The predicted molar refractivity (Wildman–Crippen MR) is 82.2 cm³/mol. The number of nitrogens with zero attached hydrogens (tertiary/aromatic N) is 1. The lowest BCUT2D eigenvalue weighted by Gasteiger charge is -2.34. The third-order valence-corrected chi connectivity index (χ3v) is 6.89. The Bertz CT molecular complexity index is 618. The molecule has 2 aliphatic heterocycles. The first-order valence-electron chi connectivity index (χ1n) is 6.98. The molecule has 0 aliphatic carbocycles. The summed E-state index contributed by atoms with van der Waals surface area (Å²) in [5.74, 6) is 0.464. The van der Waals surface area contributed by atoms with Crippen molar-refractivity contribution in [3.63, 3.8) is 0 Å². The molecule has 1 aromatic carbocycles. The maximum absolute atomic E-state index is 12.8. The number of nitrogens with one attached hydrogen (secondary N) is 1. The van der Waals surface area contributed by atoms with Crippen molar-refractivity contribution < 1.29 is 8.42 Å². The van der Waals surface area contributed by atoms with Crippen LogP contribution in [0.1, 0.15) is 18.4 Å². The van der Waals surface area contributed by atoms with Gasteiger partial charge in [0.15, 0.2) is 0 Å². The number of hydrogen-bond donors (Lipinski definition) is 1. The van der Waals surface area contributed by atoms with Gasteiger partial charge >= 0.3 is 0 Å². The molecule has 0 bridgehead atoms. The van der Waals surface area contributed by atoms with Gasteiger partial charge in [0.25, 0.3) is 0 Å². The summed E-state index contributed by atoms with van der Waals surface area (Å²) >= 11 is 3.36. The smallest absolute Gasteiger partial charge is 0.243 e. The molecular formula is C14H19BrN2O2S. The first kappa shape index (κ1) is 14.5. The van der Waals surface area contributed by atoms with Gasteiger partial charge in [-0.25, -0.2) is 8.42 Å². The molecule has 2 saturated heterocycles. The van der Waals surface area contributed by atoms with Gasteiger partial charge in [-0.05, 0) is 49.9 Å². The van der Waals surface area contributed by atoms with E-state index in [9.17, 15) is 8.42 Å². The van der Waals surface area contributed by atoms with Crippen LogP contribution in [0, 0.1) is 12.8 Å². The van der Waals surface area contributed by atoms with Crippen molar-refractivity contribution in [2.45, 2.75) is 30.7 Å². The number of sulfonamides is 1. The second-order valence-electron chi connectivity index (χ2n) is 5.67. The summed E-state index contributed by atoms with van der Waals surface area (Å²) in [7, 11) is -3.38. The zero-order valence-electron chi connectivity index (χ0n) is 11.5. The largest absolute Gasteiger partial charge is 0.314 e. The number of aryl methyl sites for hydroxylation is 1. The van der Waals surface area contributed by atoms with Gasteiger partial charge in [-0.15, -0.1) is 0 Å². The highest BCUT2D eigenvalue weighted by molar-refractivity contribution is 9.10. The van der Waals surface area contributed by atoms with Gasteiger partial charge in [0.05, 0.1) is 4.90 Å². The Morgan fingerprint density at radius 2 is 2.15 bits per heavy atom. The Kier molecular flexibility index (Phi) is 3.92. The summed E-state index contributed by atoms with van der Waals surface area (Å²) in [6.07, 6.45) is 1.99. The number of benzene rings is 1. The van der Waals surface area contributed by atoms with Crippen molar-refractivity contribution in [1.29, 1.82) is 0 Å². The molecule has 6 heteroatoms. The zero-order valence-corrected chi connectivity index (χ0v) is 13.9. The van der Waals surface area contributed by atoms with E-state index in [4.69, 9.17) is 0 Å². The number of piperidine rings is 1. The minimum atomic E-state index is -3.38. The summed E-state index contributed by atoms with van der Waals surface area (Å²) in [5.41, 5.74) is 0.805. The molecule has 4 nitrogen and oxygen atoms in total. The Morgan fingerprint density at radius 3 is 2.95 bits per heavy atom. The second kappa shape index (κ2) is 5.40. The van der Waals surface area contributed by atoms with Crippen LogP contribution >= 0.6 is 15.9 Å². The molecule has 0 aromatic heterocycles. The molecule has 2 unspecified atom stereocenters. The minimum absolute atomic E-state index is 0.427. The molecular weight excluding hydrogens is 340 g/mol. The van der Waals surface area contributed by atoms with E-state index in [0.717, 1.165) is 29.4 Å². The molecule has 0 radical (unpaired) electrons. The summed E-state index contributed by atoms with van der Waals surface area (Å²) in [4.78, 5) is 0.427. The van der Waals surface area contributed by atoms with Crippen LogP contribution in [0.5, 0.6) is 0 Å². The predicted octanol–water partition coefficient (Wildman–Crippen LogP) is 2.13. The van der Waals surface area contributed by atoms with Crippen LogP contribution in [0.25, 0.3) is 0 Å². The Morgan fingerprint density at radius 1 is 1.35 bits per heavy atom. The summed E-state index contributed by atoms with van der Waals surface area (Å²) in [6.45, 7) is 4.12. The fourth-order valence-electron chi connectivity index (χ4n) is 3.22. The molecule has 1 aromatic rings. The number of hydrogen-bond acceptors (Lipinski definition) is 3. The van der Waals surface area contributed by atoms with E-state index < -0.39 is 10.0 Å². The monoisotopic (exact) mass is 358 g/mol. The molecule has 0 amide bonds. The summed E-state index contributed by atoms with van der Waals surface area (Å²) in [6, 6.07) is 5.94. The number of halogens is 1. The van der Waals surface area contributed by atoms with Gasteiger partial charge in [0, 0.05) is 23.6 Å². The van der Waals surface area contributed by atoms with Gasteiger partial charge in [-0.3, -0.25) is 0 Å². The lowest BCUT2D eigenvalue weighted by molar-refractivity contribution is 0.247. The van der Waals surface area contributed by atoms with Crippen LogP contribution < -0.4 is 5.32 Å². The minimum Gasteiger partial charge on any atom is -0.314 e. The highest BCUT2D eigenvalue weighted by atomic mass is 79.9. The molecule has 20 heavy (non-hydrogen) atoms. The molecule has 1 N–H and O–H groups in total. The quantitative estimate of drug-likeness (QED) is 0.880. The highest BCUT2D eigenvalue weighted by Crippen LogP contribution is 2.30. The molecule has 2 heterocycles. The highest BCUT2D eigenvalue weighted by Gasteiger charge is 2.38. The standard InChI is InChI=1S/C14H19BrN2O2S/c1-10-2-3-12(15)8-14(10)20(18,19)17-7-5-13-11(9-17)4-6-16-13/h2-3,8,11,13,16H,4-7,9H2,1H3. The maximum Gasteiger partial charge on any atom is 0.243 e. The van der Waals surface area contributed by atoms with Crippen molar-refractivity contribution in [3.8, 4) is 0 Å². The van der Waals surface area contributed by atoms with E-state index in [0.29, 0.717) is 29.9 Å². The lowest BCUT2D eigenvalue weighted by Crippen LogP contribution is -2.46. The van der Waals surface area contributed by atoms with Crippen LogP contribution in [0.15, 0.2) is 27.6 Å². The van der Waals surface area contributed by atoms with E-state index in [1.54, 1.807) is 10.4 Å². The average molecular weight is 359 g/mol. The fraction of sp³-hybridized carbons (Fsp3) is 0.571. The van der Waals surface area contributed by atoms with Crippen LogP contribution in [0.3, 0.4) is 0 Å². The van der Waals surface area contributed by atoms with E-state index in [1.807, 2.05) is 19.1 Å². The third-order valence-electron chi connectivity index (χ3n) is 4.39. The van der Waals surface area contributed by atoms with Crippen LogP contribution in [-0.4, -0.2) is 38.4 Å². The van der Waals surface area contributed by atoms with Crippen LogP contribution in [0.2, 0.25) is 0 Å². The molecule has 3 rings (SSSR count). The zero-order chi connectivity index (χ0) is 14.3. The van der Waals surface area contributed by atoms with Gasteiger partial charge < -0.3 is 5.32 Å². The first-order chi connectivity index (χ1) is 9.48. The average Bonchev–Trinajstić information content (AvgIpc) is 2.88. The molecule has 0 saturated carbocycles. The van der Waals surface area contributed by atoms with Gasteiger partial charge in [-0.2, -0.15) is 4.31 Å². The van der Waals surface area contributed by atoms with Crippen molar-refractivity contribution >= 4 is 26.0 Å². The van der Waals surface area contributed by atoms with Gasteiger partial charge in [0.1, 0.15) is 0 Å². The van der Waals surface area contributed by atoms with Crippen molar-refractivity contribution in [2.24, 2.45) is 5.92 Å². The van der Waals surface area contributed by atoms with Gasteiger partial charge in [-0.1, -0.05) is 22.0 Å². The first-order valence-corrected chi connectivity index (χ1v) is 9.21. The van der Waals surface area contributed by atoms with Gasteiger partial charge in [0.2, 0.25) is 10.0 Å². The van der Waals surface area contributed by atoms with Crippen molar-refractivity contribution in [2.75, 3.05) is 19.6 Å². The van der Waals surface area contributed by atoms with Crippen LogP contribution in [0.4, 0.5) is 0 Å². The maximum atomic E-state index is 12.8. The lowest BCUT2D eigenvalue weighted by atomic mass is 9.95. The normalized spacial score (nSPS) is 27.5. The van der Waals surface area contributed by atoms with Crippen LogP contribution in [-0.2, 0) is 10.0 Å². The van der Waals surface area contributed by atoms with E-state index in [2.05, 4.69) is 21.2 Å². The summed E-state index contributed by atoms with van der Waals surface area (Å²) < 4.78 is 28.1. The molecule has 0 spiro atoms. The third kappa shape index (κ3) is 2.54. The van der Waals surface area contributed by atoms with Crippen molar-refractivity contribution in [1.82, 2.24) is 9.62 Å². The number of fused-ring (bicyclic) bond motifs is 1. The summed E-state index contributed by atoms with van der Waals surface area (Å²) in [5, 5.41) is 3.46. The van der Waals surface area contributed by atoms with E-state index in [-0.39, 0.29) is 0 Å². The Balaban J connectivity index is 1.90. The molecule has 2 fully saturated rings. The number of rotatable bonds is 2. The fourth-order valence-corrected chi connectivity index (χ4v) is 5.50. The Hall–Kier alpha value is -0.430. The Labute approximate surface area is 128 Å². The topological polar surface area (TPSA) is 49.4 Å².